The lowest BCUT2D eigenvalue weighted by Crippen LogP contribution is -2.29. The molecule has 0 bridgehead atoms. The van der Waals surface area contributed by atoms with Crippen molar-refractivity contribution in [2.24, 2.45) is 5.92 Å². The summed E-state index contributed by atoms with van der Waals surface area (Å²) in [6.07, 6.45) is 5.36. The third-order valence-corrected chi connectivity index (χ3v) is 2.67. The molecule has 1 unspecified atom stereocenters. The second kappa shape index (κ2) is 6.83. The summed E-state index contributed by atoms with van der Waals surface area (Å²) >= 11 is 0. The highest BCUT2D eigenvalue weighted by Gasteiger charge is 2.14. The van der Waals surface area contributed by atoms with Gasteiger partial charge in [-0.25, -0.2) is 0 Å². The van der Waals surface area contributed by atoms with E-state index in [4.69, 9.17) is 4.74 Å². The maximum absolute atomic E-state index is 11.4. The molecule has 0 aromatic rings. The largest absolute Gasteiger partial charge is 0.378 e. The minimum absolute atomic E-state index is 0.165. The predicted octanol–water partition coefficient (Wildman–Crippen LogP) is 2.11. The first-order valence-corrected chi connectivity index (χ1v) is 6.07. The van der Waals surface area contributed by atoms with E-state index in [1.165, 1.54) is 12.8 Å². The molecule has 0 spiro atoms. The van der Waals surface area contributed by atoms with Crippen molar-refractivity contribution in [1.82, 2.24) is 5.32 Å². The number of nitrogens with one attached hydrogen (secondary N) is 1. The molecule has 0 aromatic carbocycles. The smallest absolute Gasteiger partial charge is 0.220 e. The van der Waals surface area contributed by atoms with Crippen LogP contribution in [0.2, 0.25) is 0 Å². The average Bonchev–Trinajstić information content (AvgIpc) is 2.25. The van der Waals surface area contributed by atoms with Gasteiger partial charge in [0.25, 0.3) is 0 Å². The minimum Gasteiger partial charge on any atom is -0.378 e. The van der Waals surface area contributed by atoms with Crippen LogP contribution in [0.3, 0.4) is 0 Å². The van der Waals surface area contributed by atoms with Gasteiger partial charge >= 0.3 is 0 Å². The van der Waals surface area contributed by atoms with Crippen LogP contribution in [0.5, 0.6) is 0 Å². The van der Waals surface area contributed by atoms with Crippen LogP contribution in [0.15, 0.2) is 0 Å². The molecule has 1 heterocycles. The molecule has 0 radical (unpaired) electrons. The zero-order valence-corrected chi connectivity index (χ0v) is 9.92. The molecule has 3 nitrogen and oxygen atoms in total. The number of carbonyl (C=O) groups is 1. The normalized spacial score (nSPS) is 21.7. The Labute approximate surface area is 92.6 Å². The lowest BCUT2D eigenvalue weighted by atomic mass is 10.0. The first kappa shape index (κ1) is 12.5. The molecule has 0 aliphatic carbocycles. The Morgan fingerprint density at radius 1 is 1.47 bits per heavy atom. The van der Waals surface area contributed by atoms with Gasteiger partial charge in [0.2, 0.25) is 5.91 Å². The van der Waals surface area contributed by atoms with Gasteiger partial charge in [-0.1, -0.05) is 13.8 Å². The van der Waals surface area contributed by atoms with Gasteiger partial charge in [0.15, 0.2) is 0 Å². The topological polar surface area (TPSA) is 38.3 Å². The molecule has 1 aliphatic rings. The van der Waals surface area contributed by atoms with E-state index >= 15 is 0 Å². The van der Waals surface area contributed by atoms with Crippen molar-refractivity contribution in [2.45, 2.75) is 52.1 Å². The molecule has 0 aromatic heterocycles. The first-order chi connectivity index (χ1) is 7.18. The summed E-state index contributed by atoms with van der Waals surface area (Å²) in [6, 6.07) is 0. The Bertz CT molecular complexity index is 186. The Morgan fingerprint density at radius 2 is 2.27 bits per heavy atom. The lowest BCUT2D eigenvalue weighted by molar-refractivity contribution is -0.122. The van der Waals surface area contributed by atoms with Crippen molar-refractivity contribution >= 4 is 5.91 Å². The van der Waals surface area contributed by atoms with Crippen molar-refractivity contribution in [3.05, 3.63) is 0 Å². The van der Waals surface area contributed by atoms with Crippen LogP contribution in [0.25, 0.3) is 0 Å². The van der Waals surface area contributed by atoms with Gasteiger partial charge in [0, 0.05) is 19.6 Å². The minimum atomic E-state index is 0.165. The van der Waals surface area contributed by atoms with Gasteiger partial charge in [0.1, 0.15) is 0 Å². The molecule has 1 rings (SSSR count). The van der Waals surface area contributed by atoms with Gasteiger partial charge in [-0.05, 0) is 31.6 Å². The van der Waals surface area contributed by atoms with Crippen molar-refractivity contribution < 1.29 is 9.53 Å². The van der Waals surface area contributed by atoms with E-state index in [1.54, 1.807) is 0 Å². The predicted molar refractivity (Wildman–Crippen MR) is 60.7 cm³/mol. The third kappa shape index (κ3) is 5.78. The Hall–Kier alpha value is -0.570. The van der Waals surface area contributed by atoms with E-state index in [0.29, 0.717) is 18.4 Å². The van der Waals surface area contributed by atoms with Gasteiger partial charge in [-0.3, -0.25) is 4.79 Å². The van der Waals surface area contributed by atoms with E-state index in [1.807, 2.05) is 0 Å². The fraction of sp³-hybridized carbons (Fsp3) is 0.917. The number of carbonyl (C=O) groups excluding carboxylic acids is 1. The maximum atomic E-state index is 11.4. The van der Waals surface area contributed by atoms with Crippen LogP contribution >= 0.6 is 0 Å². The molecule has 1 atom stereocenters. The van der Waals surface area contributed by atoms with Gasteiger partial charge < -0.3 is 10.1 Å². The standard InChI is InChI=1S/C12H23NO2/c1-10(2)9-13-12(14)7-6-11-5-3-4-8-15-11/h10-11H,3-9H2,1-2H3,(H,13,14). The summed E-state index contributed by atoms with van der Waals surface area (Å²) in [5, 5.41) is 2.93. The highest BCUT2D eigenvalue weighted by molar-refractivity contribution is 5.75. The van der Waals surface area contributed by atoms with Crippen molar-refractivity contribution in [2.75, 3.05) is 13.2 Å². The highest BCUT2D eigenvalue weighted by Crippen LogP contribution is 2.16. The summed E-state index contributed by atoms with van der Waals surface area (Å²) < 4.78 is 5.57. The highest BCUT2D eigenvalue weighted by atomic mass is 16.5. The number of ether oxygens (including phenoxy) is 1. The zero-order chi connectivity index (χ0) is 11.1. The van der Waals surface area contributed by atoms with Gasteiger partial charge in [-0.2, -0.15) is 0 Å². The van der Waals surface area contributed by atoms with E-state index in [-0.39, 0.29) is 5.91 Å². The van der Waals surface area contributed by atoms with Crippen LogP contribution in [0.1, 0.15) is 46.0 Å². The SMILES string of the molecule is CC(C)CNC(=O)CCC1CCCCO1. The zero-order valence-electron chi connectivity index (χ0n) is 9.92. The Kier molecular flexibility index (Phi) is 5.69. The summed E-state index contributed by atoms with van der Waals surface area (Å²) in [5.74, 6) is 0.692. The number of hydrogen-bond donors (Lipinski definition) is 1. The molecule has 15 heavy (non-hydrogen) atoms. The van der Waals surface area contributed by atoms with E-state index < -0.39 is 0 Å². The monoisotopic (exact) mass is 213 g/mol. The van der Waals surface area contributed by atoms with E-state index in [9.17, 15) is 4.79 Å². The Balaban J connectivity index is 2.05. The summed E-state index contributed by atoms with van der Waals surface area (Å²) in [5.41, 5.74) is 0. The van der Waals surface area contributed by atoms with Crippen molar-refractivity contribution in [3.8, 4) is 0 Å². The molecular formula is C12H23NO2. The second-order valence-electron chi connectivity index (χ2n) is 4.73. The summed E-state index contributed by atoms with van der Waals surface area (Å²) in [4.78, 5) is 11.4. The lowest BCUT2D eigenvalue weighted by Gasteiger charge is -2.22. The molecule has 1 saturated heterocycles. The second-order valence-corrected chi connectivity index (χ2v) is 4.73. The number of hydrogen-bond acceptors (Lipinski definition) is 2. The quantitative estimate of drug-likeness (QED) is 0.759. The Morgan fingerprint density at radius 3 is 2.87 bits per heavy atom. The average molecular weight is 213 g/mol. The number of amides is 1. The van der Waals surface area contributed by atoms with Crippen molar-refractivity contribution in [3.63, 3.8) is 0 Å². The first-order valence-electron chi connectivity index (χ1n) is 6.07. The fourth-order valence-corrected chi connectivity index (χ4v) is 1.73. The van der Waals surface area contributed by atoms with Gasteiger partial charge in [-0.15, -0.1) is 0 Å². The van der Waals surface area contributed by atoms with Crippen LogP contribution < -0.4 is 5.32 Å². The third-order valence-electron chi connectivity index (χ3n) is 2.67. The van der Waals surface area contributed by atoms with Crippen molar-refractivity contribution in [1.29, 1.82) is 0 Å². The number of rotatable bonds is 5. The van der Waals surface area contributed by atoms with Crippen LogP contribution in [-0.2, 0) is 9.53 Å². The van der Waals surface area contributed by atoms with E-state index in [0.717, 1.165) is 26.0 Å². The maximum Gasteiger partial charge on any atom is 0.220 e. The van der Waals surface area contributed by atoms with E-state index in [2.05, 4.69) is 19.2 Å². The molecule has 0 saturated carbocycles. The molecule has 1 amide bonds. The molecular weight excluding hydrogens is 190 g/mol. The molecule has 88 valence electrons. The van der Waals surface area contributed by atoms with Crippen LogP contribution in [-0.4, -0.2) is 25.2 Å². The molecule has 1 fully saturated rings. The van der Waals surface area contributed by atoms with Gasteiger partial charge in [0.05, 0.1) is 6.10 Å². The molecule has 1 N–H and O–H groups in total. The summed E-state index contributed by atoms with van der Waals surface area (Å²) in [6.45, 7) is 5.86. The van der Waals surface area contributed by atoms with Crippen LogP contribution in [0, 0.1) is 5.92 Å². The summed E-state index contributed by atoms with van der Waals surface area (Å²) in [7, 11) is 0. The van der Waals surface area contributed by atoms with Crippen LogP contribution in [0.4, 0.5) is 0 Å². The fourth-order valence-electron chi connectivity index (χ4n) is 1.73. The molecule has 3 heteroatoms. The molecule has 1 aliphatic heterocycles.